The van der Waals surface area contributed by atoms with Crippen LogP contribution in [0.5, 0.6) is 5.75 Å². The van der Waals surface area contributed by atoms with Crippen LogP contribution in [0.2, 0.25) is 0 Å². The molecule has 0 aliphatic heterocycles. The van der Waals surface area contributed by atoms with Crippen molar-refractivity contribution in [2.24, 2.45) is 4.99 Å². The van der Waals surface area contributed by atoms with Gasteiger partial charge < -0.3 is 19.9 Å². The van der Waals surface area contributed by atoms with Crippen molar-refractivity contribution in [3.63, 3.8) is 0 Å². The van der Waals surface area contributed by atoms with Crippen molar-refractivity contribution in [1.82, 2.24) is 20.8 Å². The van der Waals surface area contributed by atoms with Crippen LogP contribution in [0.3, 0.4) is 0 Å². The molecule has 0 atom stereocenters. The van der Waals surface area contributed by atoms with Gasteiger partial charge in [-0.2, -0.15) is 4.98 Å². The second-order valence-corrected chi connectivity index (χ2v) is 5.06. The molecule has 1 aromatic heterocycles. The largest absolute Gasteiger partial charge is 0.496 e. The van der Waals surface area contributed by atoms with Gasteiger partial charge in [0.25, 0.3) is 0 Å². The Hall–Kier alpha value is -2.10. The SMILES string of the molecule is C=CCNC(=NCc1ccccc1OC)NCCc1nc(C)no1.I. The number of hydrogen-bond donors (Lipinski definition) is 2. The molecule has 136 valence electrons. The van der Waals surface area contributed by atoms with Crippen molar-refractivity contribution in [2.75, 3.05) is 20.2 Å². The Balaban J connectivity index is 0.00000312. The highest BCUT2D eigenvalue weighted by Crippen LogP contribution is 2.17. The second-order valence-electron chi connectivity index (χ2n) is 5.06. The number of methoxy groups -OCH3 is 1. The van der Waals surface area contributed by atoms with E-state index in [9.17, 15) is 0 Å². The lowest BCUT2D eigenvalue weighted by Gasteiger charge is -2.11. The molecule has 1 heterocycles. The fourth-order valence-electron chi connectivity index (χ4n) is 2.07. The molecule has 7 nitrogen and oxygen atoms in total. The highest BCUT2D eigenvalue weighted by Gasteiger charge is 2.05. The van der Waals surface area contributed by atoms with Crippen LogP contribution in [0.15, 0.2) is 46.4 Å². The van der Waals surface area contributed by atoms with Crippen LogP contribution in [0.25, 0.3) is 0 Å². The summed E-state index contributed by atoms with van der Waals surface area (Å²) in [5.74, 6) is 2.76. The highest BCUT2D eigenvalue weighted by atomic mass is 127. The lowest BCUT2D eigenvalue weighted by Crippen LogP contribution is -2.38. The molecule has 1 aromatic carbocycles. The fraction of sp³-hybridized carbons (Fsp3) is 0.353. The van der Waals surface area contributed by atoms with Gasteiger partial charge >= 0.3 is 0 Å². The van der Waals surface area contributed by atoms with Gasteiger partial charge in [-0.05, 0) is 13.0 Å². The Kier molecular flexibility index (Phi) is 9.60. The number of ether oxygens (including phenoxy) is 1. The summed E-state index contributed by atoms with van der Waals surface area (Å²) in [6.07, 6.45) is 2.41. The van der Waals surface area contributed by atoms with E-state index < -0.39 is 0 Å². The average Bonchev–Trinajstić information content (AvgIpc) is 3.02. The second kappa shape index (κ2) is 11.5. The predicted octanol–water partition coefficient (Wildman–Crippen LogP) is 2.47. The molecule has 0 bridgehead atoms. The number of rotatable bonds is 8. The van der Waals surface area contributed by atoms with Crippen molar-refractivity contribution in [3.8, 4) is 5.75 Å². The number of hydrogen-bond acceptors (Lipinski definition) is 5. The topological polar surface area (TPSA) is 84.6 Å². The zero-order valence-electron chi connectivity index (χ0n) is 14.5. The van der Waals surface area contributed by atoms with Crippen molar-refractivity contribution < 1.29 is 9.26 Å². The average molecular weight is 457 g/mol. The minimum atomic E-state index is 0. The highest BCUT2D eigenvalue weighted by molar-refractivity contribution is 14.0. The van der Waals surface area contributed by atoms with E-state index in [-0.39, 0.29) is 24.0 Å². The van der Waals surface area contributed by atoms with E-state index >= 15 is 0 Å². The molecule has 0 aliphatic carbocycles. The van der Waals surface area contributed by atoms with Gasteiger partial charge in [-0.1, -0.05) is 29.4 Å². The molecule has 0 aliphatic rings. The molecule has 2 rings (SSSR count). The quantitative estimate of drug-likeness (QED) is 0.274. The van der Waals surface area contributed by atoms with Gasteiger partial charge in [-0.3, -0.25) is 0 Å². The normalized spacial score (nSPS) is 10.7. The first kappa shape index (κ1) is 20.9. The van der Waals surface area contributed by atoms with Crippen molar-refractivity contribution in [1.29, 1.82) is 0 Å². The van der Waals surface area contributed by atoms with Crippen LogP contribution in [0, 0.1) is 6.92 Å². The Morgan fingerprint density at radius 2 is 2.16 bits per heavy atom. The summed E-state index contributed by atoms with van der Waals surface area (Å²) in [5.41, 5.74) is 1.02. The monoisotopic (exact) mass is 457 g/mol. The third-order valence-electron chi connectivity index (χ3n) is 3.21. The molecule has 2 aromatic rings. The van der Waals surface area contributed by atoms with Crippen LogP contribution < -0.4 is 15.4 Å². The maximum atomic E-state index is 5.35. The van der Waals surface area contributed by atoms with E-state index in [0.29, 0.717) is 43.7 Å². The maximum Gasteiger partial charge on any atom is 0.228 e. The van der Waals surface area contributed by atoms with Gasteiger partial charge in [0.2, 0.25) is 5.89 Å². The van der Waals surface area contributed by atoms with E-state index in [0.717, 1.165) is 11.3 Å². The molecule has 8 heteroatoms. The summed E-state index contributed by atoms with van der Waals surface area (Å²) in [6.45, 7) is 7.28. The van der Waals surface area contributed by atoms with Gasteiger partial charge in [0.1, 0.15) is 5.75 Å². The fourth-order valence-corrected chi connectivity index (χ4v) is 2.07. The Labute approximate surface area is 165 Å². The molecule has 0 fully saturated rings. The molecule has 0 unspecified atom stereocenters. The molecule has 2 N–H and O–H groups in total. The summed E-state index contributed by atoms with van der Waals surface area (Å²) in [6, 6.07) is 7.82. The van der Waals surface area contributed by atoms with Gasteiger partial charge in [-0.15, -0.1) is 30.6 Å². The van der Waals surface area contributed by atoms with E-state index in [4.69, 9.17) is 9.26 Å². The number of benzene rings is 1. The lowest BCUT2D eigenvalue weighted by atomic mass is 10.2. The molecule has 0 radical (unpaired) electrons. The van der Waals surface area contributed by atoms with Crippen LogP contribution in [0.1, 0.15) is 17.3 Å². The number of aryl methyl sites for hydroxylation is 1. The summed E-state index contributed by atoms with van der Waals surface area (Å²) >= 11 is 0. The third kappa shape index (κ3) is 7.12. The molecule has 0 spiro atoms. The van der Waals surface area contributed by atoms with E-state index in [1.54, 1.807) is 20.1 Å². The zero-order chi connectivity index (χ0) is 17.2. The summed E-state index contributed by atoms with van der Waals surface area (Å²) in [7, 11) is 1.66. The Morgan fingerprint density at radius 3 is 2.84 bits per heavy atom. The Morgan fingerprint density at radius 1 is 1.36 bits per heavy atom. The minimum Gasteiger partial charge on any atom is -0.496 e. The van der Waals surface area contributed by atoms with Crippen LogP contribution in [-0.2, 0) is 13.0 Å². The van der Waals surface area contributed by atoms with E-state index in [1.807, 2.05) is 24.3 Å². The molecule has 0 amide bonds. The molecular formula is C17H24IN5O2. The van der Waals surface area contributed by atoms with Crippen LogP contribution in [0.4, 0.5) is 0 Å². The number of para-hydroxylation sites is 1. The van der Waals surface area contributed by atoms with Crippen LogP contribution in [-0.4, -0.2) is 36.3 Å². The van der Waals surface area contributed by atoms with E-state index in [2.05, 4.69) is 32.3 Å². The predicted molar refractivity (Wildman–Crippen MR) is 108 cm³/mol. The third-order valence-corrected chi connectivity index (χ3v) is 3.21. The first-order valence-electron chi connectivity index (χ1n) is 7.77. The molecule has 0 saturated carbocycles. The van der Waals surface area contributed by atoms with Gasteiger partial charge in [-0.25, -0.2) is 4.99 Å². The Bertz CT molecular complexity index is 687. The van der Waals surface area contributed by atoms with Crippen molar-refractivity contribution in [3.05, 3.63) is 54.2 Å². The first-order valence-corrected chi connectivity index (χ1v) is 7.77. The zero-order valence-corrected chi connectivity index (χ0v) is 16.8. The molecular weight excluding hydrogens is 433 g/mol. The lowest BCUT2D eigenvalue weighted by molar-refractivity contribution is 0.374. The van der Waals surface area contributed by atoms with Gasteiger partial charge in [0, 0.05) is 25.1 Å². The number of aliphatic imine (C=N–C) groups is 1. The standard InChI is InChI=1S/C17H23N5O2.HI/c1-4-10-18-17(19-11-9-16-21-13(2)22-24-16)20-12-14-7-5-6-8-15(14)23-3;/h4-8H,1,9-12H2,2-3H3,(H2,18,19,20);1H. The number of nitrogens with one attached hydrogen (secondary N) is 2. The number of halogens is 1. The van der Waals surface area contributed by atoms with E-state index in [1.165, 1.54) is 0 Å². The van der Waals surface area contributed by atoms with Crippen LogP contribution >= 0.6 is 24.0 Å². The van der Waals surface area contributed by atoms with Crippen molar-refractivity contribution in [2.45, 2.75) is 19.9 Å². The summed E-state index contributed by atoms with van der Waals surface area (Å²) in [5, 5.41) is 10.2. The molecule has 0 saturated heterocycles. The minimum absolute atomic E-state index is 0. The number of guanidine groups is 1. The van der Waals surface area contributed by atoms with Gasteiger partial charge in [0.15, 0.2) is 11.8 Å². The van der Waals surface area contributed by atoms with Gasteiger partial charge in [0.05, 0.1) is 13.7 Å². The summed E-state index contributed by atoms with van der Waals surface area (Å²) in [4.78, 5) is 8.75. The molecule has 25 heavy (non-hydrogen) atoms. The number of nitrogens with zero attached hydrogens (tertiary/aromatic N) is 3. The van der Waals surface area contributed by atoms with Crippen molar-refractivity contribution >= 4 is 29.9 Å². The number of aromatic nitrogens is 2. The smallest absolute Gasteiger partial charge is 0.228 e. The summed E-state index contributed by atoms with van der Waals surface area (Å²) < 4.78 is 10.4. The first-order chi connectivity index (χ1) is 11.7. The maximum absolute atomic E-state index is 5.35.